The third-order valence-electron chi connectivity index (χ3n) is 16.1. The highest BCUT2D eigenvalue weighted by Crippen LogP contribution is 2.40. The fourth-order valence-electron chi connectivity index (χ4n) is 12.1. The third-order valence-corrected chi connectivity index (χ3v) is 16.1. The van der Waals surface area contributed by atoms with Gasteiger partial charge in [0.25, 0.3) is 0 Å². The molecule has 0 fully saturated rings. The van der Waals surface area contributed by atoms with E-state index in [1.54, 1.807) is 0 Å². The van der Waals surface area contributed by atoms with Gasteiger partial charge in [-0.3, -0.25) is 0 Å². The van der Waals surface area contributed by atoms with Gasteiger partial charge < -0.3 is 9.13 Å². The van der Waals surface area contributed by atoms with Gasteiger partial charge in [-0.2, -0.15) is 0 Å². The van der Waals surface area contributed by atoms with E-state index in [-0.39, 0.29) is 0 Å². The number of nitrogens with zero attached hydrogens (tertiary/aromatic N) is 2. The molecule has 15 aromatic rings. The van der Waals surface area contributed by atoms with Crippen molar-refractivity contribution in [2.75, 3.05) is 0 Å². The SMILES string of the molecule is c1ccc(-c2ccc(-c3cccc(-c4cccc(-c5ccc(-c6cccc(-c7cccc(-n8c9ccccc9c9cc(-c%10ccc%11c(c%10)c%10ccccc%10n%11-c%10ccc(-c%11ccccc%11)cc%10)ccc98)c7)c6)cc5)c4)c3)cc2)cc1. The second-order valence-electron chi connectivity index (χ2n) is 20.9. The maximum absolute atomic E-state index is 2.43. The van der Waals surface area contributed by atoms with Crippen molar-refractivity contribution < 1.29 is 0 Å². The first-order chi connectivity index (χ1) is 39.6. The van der Waals surface area contributed by atoms with E-state index in [4.69, 9.17) is 0 Å². The predicted molar refractivity (Wildman–Crippen MR) is 339 cm³/mol. The lowest BCUT2D eigenvalue weighted by Gasteiger charge is -2.12. The summed E-state index contributed by atoms with van der Waals surface area (Å²) in [6, 6.07) is 115. The van der Waals surface area contributed by atoms with Crippen molar-refractivity contribution in [3.8, 4) is 100 Å². The van der Waals surface area contributed by atoms with Crippen LogP contribution in [0.5, 0.6) is 0 Å². The fraction of sp³-hybridized carbons (Fsp3) is 0. The number of hydrogen-bond acceptors (Lipinski definition) is 0. The van der Waals surface area contributed by atoms with Crippen molar-refractivity contribution >= 4 is 43.6 Å². The molecule has 13 aromatic carbocycles. The summed E-state index contributed by atoms with van der Waals surface area (Å²) in [4.78, 5) is 0. The molecule has 0 radical (unpaired) electrons. The van der Waals surface area contributed by atoms with Crippen LogP contribution < -0.4 is 0 Å². The van der Waals surface area contributed by atoms with Crippen LogP contribution in [0.25, 0.3) is 144 Å². The Balaban J connectivity index is 0.703. The van der Waals surface area contributed by atoms with Gasteiger partial charge in [0, 0.05) is 32.9 Å². The molecule has 0 unspecified atom stereocenters. The molecule has 0 amide bonds. The van der Waals surface area contributed by atoms with Crippen molar-refractivity contribution in [1.82, 2.24) is 9.13 Å². The maximum atomic E-state index is 2.43. The predicted octanol–water partition coefficient (Wildman–Crippen LogP) is 21.2. The molecule has 2 nitrogen and oxygen atoms in total. The average Bonchev–Trinajstić information content (AvgIpc) is 4.29. The largest absolute Gasteiger partial charge is 0.309 e. The summed E-state index contributed by atoms with van der Waals surface area (Å²) in [5.74, 6) is 0. The first kappa shape index (κ1) is 46.7. The van der Waals surface area contributed by atoms with Crippen molar-refractivity contribution in [3.63, 3.8) is 0 Å². The highest BCUT2D eigenvalue weighted by molar-refractivity contribution is 6.13. The van der Waals surface area contributed by atoms with Gasteiger partial charge in [0.15, 0.2) is 0 Å². The van der Waals surface area contributed by atoms with Crippen LogP contribution in [0.3, 0.4) is 0 Å². The zero-order valence-electron chi connectivity index (χ0n) is 43.9. The molecule has 2 heteroatoms. The van der Waals surface area contributed by atoms with Crippen molar-refractivity contribution in [3.05, 3.63) is 315 Å². The van der Waals surface area contributed by atoms with Crippen LogP contribution in [0.1, 0.15) is 0 Å². The summed E-state index contributed by atoms with van der Waals surface area (Å²) in [6.45, 7) is 0. The molecule has 0 aliphatic heterocycles. The number of rotatable bonds is 10. The lowest BCUT2D eigenvalue weighted by molar-refractivity contribution is 1.18. The van der Waals surface area contributed by atoms with Crippen LogP contribution in [0.15, 0.2) is 315 Å². The molecule has 0 spiro atoms. The first-order valence-electron chi connectivity index (χ1n) is 27.5. The standard InChI is InChI=1S/C78H52N2/c1-3-15-53(16-4-1)55-31-33-57(34-32-55)60-19-11-22-63(47-60)64-23-12-20-61(48-64)58-35-37-59(38-36-58)62-21-13-24-65(49-62)66-25-14-26-70(50-66)80-76-30-10-8-28-72(76)74-52-68(42-46-78(74)80)67-41-45-77-73(51-67)71-27-7-9-29-75(71)79(77)69-43-39-56(40-44-69)54-17-5-2-6-18-54/h1-52H. The van der Waals surface area contributed by atoms with Crippen LogP contribution in [0.2, 0.25) is 0 Å². The molecule has 0 saturated heterocycles. The minimum Gasteiger partial charge on any atom is -0.309 e. The summed E-state index contributed by atoms with van der Waals surface area (Å²) in [7, 11) is 0. The lowest BCUT2D eigenvalue weighted by atomic mass is 9.94. The Morgan fingerprint density at radius 2 is 0.400 bits per heavy atom. The molecule has 0 aliphatic rings. The number of para-hydroxylation sites is 2. The van der Waals surface area contributed by atoms with Crippen molar-refractivity contribution in [2.24, 2.45) is 0 Å². The first-order valence-corrected chi connectivity index (χ1v) is 27.5. The van der Waals surface area contributed by atoms with E-state index in [1.165, 1.54) is 133 Å². The number of fused-ring (bicyclic) bond motifs is 6. The summed E-state index contributed by atoms with van der Waals surface area (Å²) in [5.41, 5.74) is 26.3. The quantitative estimate of drug-likeness (QED) is 0.129. The second-order valence-corrected chi connectivity index (χ2v) is 20.9. The Kier molecular flexibility index (Phi) is 11.6. The van der Waals surface area contributed by atoms with E-state index in [0.29, 0.717) is 0 Å². The van der Waals surface area contributed by atoms with Gasteiger partial charge in [0.1, 0.15) is 0 Å². The minimum atomic E-state index is 1.13. The average molecular weight is 1020 g/mol. The van der Waals surface area contributed by atoms with E-state index < -0.39 is 0 Å². The van der Waals surface area contributed by atoms with Crippen LogP contribution >= 0.6 is 0 Å². The van der Waals surface area contributed by atoms with Crippen molar-refractivity contribution in [2.45, 2.75) is 0 Å². The van der Waals surface area contributed by atoms with Gasteiger partial charge >= 0.3 is 0 Å². The zero-order valence-corrected chi connectivity index (χ0v) is 43.9. The molecule has 2 heterocycles. The van der Waals surface area contributed by atoms with Gasteiger partial charge in [-0.15, -0.1) is 0 Å². The zero-order chi connectivity index (χ0) is 52.9. The van der Waals surface area contributed by atoms with Gasteiger partial charge in [-0.1, -0.05) is 237 Å². The Labute approximate surface area is 466 Å². The molecule has 80 heavy (non-hydrogen) atoms. The number of benzene rings is 13. The molecule has 0 atom stereocenters. The molecule has 15 rings (SSSR count). The Morgan fingerprint density at radius 3 is 0.825 bits per heavy atom. The Bertz CT molecular complexity index is 4770. The monoisotopic (exact) mass is 1020 g/mol. The molecule has 0 saturated carbocycles. The highest BCUT2D eigenvalue weighted by atomic mass is 15.0. The Hall–Kier alpha value is -10.5. The Morgan fingerprint density at radius 1 is 0.138 bits per heavy atom. The van der Waals surface area contributed by atoms with Crippen LogP contribution in [0.4, 0.5) is 0 Å². The molecule has 0 aliphatic carbocycles. The fourth-order valence-corrected chi connectivity index (χ4v) is 12.1. The summed E-state index contributed by atoms with van der Waals surface area (Å²) < 4.78 is 4.83. The molecule has 0 bridgehead atoms. The van der Waals surface area contributed by atoms with Gasteiger partial charge in [0.05, 0.1) is 22.1 Å². The molecule has 0 N–H and O–H groups in total. The summed E-state index contributed by atoms with van der Waals surface area (Å²) in [5, 5.41) is 4.96. The normalized spacial score (nSPS) is 11.5. The van der Waals surface area contributed by atoms with Gasteiger partial charge in [-0.05, 0) is 168 Å². The molecule has 374 valence electrons. The van der Waals surface area contributed by atoms with Crippen LogP contribution in [0, 0.1) is 0 Å². The summed E-state index contributed by atoms with van der Waals surface area (Å²) >= 11 is 0. The molecule has 2 aromatic heterocycles. The molecular formula is C78H52N2. The maximum Gasteiger partial charge on any atom is 0.0541 e. The van der Waals surface area contributed by atoms with E-state index in [1.807, 2.05) is 0 Å². The lowest BCUT2D eigenvalue weighted by Crippen LogP contribution is -1.94. The third kappa shape index (κ3) is 8.48. The van der Waals surface area contributed by atoms with Crippen LogP contribution in [-0.4, -0.2) is 9.13 Å². The summed E-state index contributed by atoms with van der Waals surface area (Å²) in [6.07, 6.45) is 0. The second kappa shape index (κ2) is 19.8. The topological polar surface area (TPSA) is 9.86 Å². The van der Waals surface area contributed by atoms with Crippen LogP contribution in [-0.2, 0) is 0 Å². The van der Waals surface area contributed by atoms with Crippen molar-refractivity contribution in [1.29, 1.82) is 0 Å². The minimum absolute atomic E-state index is 1.13. The number of hydrogen-bond donors (Lipinski definition) is 0. The molecular weight excluding hydrogens is 965 g/mol. The van der Waals surface area contributed by atoms with E-state index in [0.717, 1.165) is 11.4 Å². The smallest absolute Gasteiger partial charge is 0.0541 e. The van der Waals surface area contributed by atoms with E-state index in [2.05, 4.69) is 325 Å². The van der Waals surface area contributed by atoms with E-state index in [9.17, 15) is 0 Å². The highest BCUT2D eigenvalue weighted by Gasteiger charge is 2.17. The van der Waals surface area contributed by atoms with E-state index >= 15 is 0 Å². The number of aromatic nitrogens is 2. The van der Waals surface area contributed by atoms with Gasteiger partial charge in [0.2, 0.25) is 0 Å². The van der Waals surface area contributed by atoms with Gasteiger partial charge in [-0.25, -0.2) is 0 Å².